The molecule has 0 amide bonds. The molecule has 0 unspecified atom stereocenters. The zero-order valence-electron chi connectivity index (χ0n) is 13.4. The van der Waals surface area contributed by atoms with Crippen LogP contribution >= 0.6 is 0 Å². The first-order chi connectivity index (χ1) is 11.7. The maximum Gasteiger partial charge on any atom is 0.313 e. The Bertz CT molecular complexity index is 868. The number of hydrogen-bond donors (Lipinski definition) is 0. The number of methoxy groups -OCH3 is 1. The summed E-state index contributed by atoms with van der Waals surface area (Å²) in [6, 6.07) is 22.8. The van der Waals surface area contributed by atoms with Gasteiger partial charge >= 0.3 is 5.97 Å². The molecule has 3 aromatic rings. The third-order valence-electron chi connectivity index (χ3n) is 4.15. The quantitative estimate of drug-likeness (QED) is 0.518. The molecule has 0 aliphatic carbocycles. The lowest BCUT2D eigenvalue weighted by molar-refractivity contribution is -0.142. The normalized spacial score (nSPS) is 11.9. The van der Waals surface area contributed by atoms with Crippen molar-refractivity contribution in [3.8, 4) is 0 Å². The Morgan fingerprint density at radius 3 is 2.25 bits per heavy atom. The molecule has 120 valence electrons. The molecule has 0 heterocycles. The van der Waals surface area contributed by atoms with Crippen LogP contribution in [0.3, 0.4) is 0 Å². The first-order valence-corrected chi connectivity index (χ1v) is 7.84. The summed E-state index contributed by atoms with van der Waals surface area (Å²) in [7, 11) is 1.35. The van der Waals surface area contributed by atoms with E-state index in [0.29, 0.717) is 5.56 Å². The average molecular weight is 318 g/mol. The van der Waals surface area contributed by atoms with Crippen LogP contribution in [0.25, 0.3) is 10.8 Å². The number of rotatable bonds is 5. The lowest BCUT2D eigenvalue weighted by atomic mass is 9.90. The van der Waals surface area contributed by atoms with E-state index in [9.17, 15) is 9.59 Å². The summed E-state index contributed by atoms with van der Waals surface area (Å²) < 4.78 is 4.92. The Hall–Kier alpha value is -2.94. The smallest absolute Gasteiger partial charge is 0.313 e. The number of benzene rings is 3. The number of Topliss-reactive ketones (excluding diaryl/α,β-unsaturated/α-hetero) is 1. The van der Waals surface area contributed by atoms with Crippen LogP contribution in [0, 0.1) is 0 Å². The predicted octanol–water partition coefficient (Wildman–Crippen LogP) is 4.37. The summed E-state index contributed by atoms with van der Waals surface area (Å²) in [5.41, 5.74) is 1.40. The number of carbonyl (C=O) groups excluding carboxylic acids is 2. The molecule has 0 aromatic heterocycles. The van der Waals surface area contributed by atoms with Crippen LogP contribution in [-0.4, -0.2) is 18.9 Å². The van der Waals surface area contributed by atoms with Gasteiger partial charge in [0.1, 0.15) is 0 Å². The van der Waals surface area contributed by atoms with Crippen molar-refractivity contribution in [3.05, 3.63) is 83.9 Å². The summed E-state index contributed by atoms with van der Waals surface area (Å²) in [6.07, 6.45) is 0.0923. The Morgan fingerprint density at radius 1 is 0.875 bits per heavy atom. The molecule has 24 heavy (non-hydrogen) atoms. The highest BCUT2D eigenvalue weighted by molar-refractivity contribution is 5.99. The zero-order chi connectivity index (χ0) is 16.9. The van der Waals surface area contributed by atoms with E-state index in [1.807, 2.05) is 60.7 Å². The van der Waals surface area contributed by atoms with E-state index in [-0.39, 0.29) is 12.2 Å². The lowest BCUT2D eigenvalue weighted by Gasteiger charge is -2.15. The number of fused-ring (bicyclic) bond motifs is 1. The van der Waals surface area contributed by atoms with Gasteiger partial charge in [-0.1, -0.05) is 72.8 Å². The third kappa shape index (κ3) is 3.35. The SMILES string of the molecule is COC(=O)[C@H](CC(=O)c1ccccc1)c1ccc2ccccc2c1. The van der Waals surface area contributed by atoms with Crippen LogP contribution in [0.2, 0.25) is 0 Å². The Balaban J connectivity index is 1.93. The van der Waals surface area contributed by atoms with Crippen LogP contribution in [0.4, 0.5) is 0 Å². The number of ketones is 1. The molecule has 3 rings (SSSR count). The van der Waals surface area contributed by atoms with Crippen molar-refractivity contribution >= 4 is 22.5 Å². The molecule has 3 aromatic carbocycles. The Morgan fingerprint density at radius 2 is 1.54 bits per heavy atom. The van der Waals surface area contributed by atoms with Crippen LogP contribution in [0.5, 0.6) is 0 Å². The van der Waals surface area contributed by atoms with Crippen LogP contribution in [-0.2, 0) is 9.53 Å². The van der Waals surface area contributed by atoms with E-state index < -0.39 is 11.9 Å². The van der Waals surface area contributed by atoms with E-state index in [0.717, 1.165) is 16.3 Å². The number of carbonyl (C=O) groups is 2. The second-order valence-corrected chi connectivity index (χ2v) is 5.68. The first-order valence-electron chi connectivity index (χ1n) is 7.84. The average Bonchev–Trinajstić information content (AvgIpc) is 2.65. The van der Waals surface area contributed by atoms with Gasteiger partial charge in [-0.05, 0) is 16.3 Å². The van der Waals surface area contributed by atoms with Crippen molar-refractivity contribution in [2.75, 3.05) is 7.11 Å². The second kappa shape index (κ2) is 7.09. The van der Waals surface area contributed by atoms with Gasteiger partial charge in [0.15, 0.2) is 5.78 Å². The topological polar surface area (TPSA) is 43.4 Å². The summed E-state index contributed by atoms with van der Waals surface area (Å²) >= 11 is 0. The maximum absolute atomic E-state index is 12.5. The molecule has 3 heteroatoms. The van der Waals surface area contributed by atoms with E-state index in [4.69, 9.17) is 4.74 Å². The first kappa shape index (κ1) is 15.9. The fourth-order valence-corrected chi connectivity index (χ4v) is 2.83. The molecule has 0 N–H and O–H groups in total. The van der Waals surface area contributed by atoms with Crippen molar-refractivity contribution in [1.29, 1.82) is 0 Å². The number of hydrogen-bond acceptors (Lipinski definition) is 3. The monoisotopic (exact) mass is 318 g/mol. The minimum absolute atomic E-state index is 0.0702. The van der Waals surface area contributed by atoms with Gasteiger partial charge in [0.2, 0.25) is 0 Å². The molecular formula is C21H18O3. The standard InChI is InChI=1S/C21H18O3/c1-24-21(23)19(14-20(22)16-8-3-2-4-9-16)18-12-11-15-7-5-6-10-17(15)13-18/h2-13,19H,14H2,1H3/t19-/m1/s1. The maximum atomic E-state index is 12.5. The molecule has 0 saturated carbocycles. The molecule has 0 bridgehead atoms. The van der Waals surface area contributed by atoms with Gasteiger partial charge < -0.3 is 4.74 Å². The molecule has 0 aliphatic heterocycles. The molecule has 3 nitrogen and oxygen atoms in total. The van der Waals surface area contributed by atoms with Gasteiger partial charge in [0.05, 0.1) is 13.0 Å². The van der Waals surface area contributed by atoms with E-state index in [1.165, 1.54) is 7.11 Å². The fraction of sp³-hybridized carbons (Fsp3) is 0.143. The second-order valence-electron chi connectivity index (χ2n) is 5.68. The fourth-order valence-electron chi connectivity index (χ4n) is 2.83. The molecule has 0 spiro atoms. The highest BCUT2D eigenvalue weighted by Crippen LogP contribution is 2.27. The van der Waals surface area contributed by atoms with Gasteiger partial charge in [-0.25, -0.2) is 0 Å². The minimum Gasteiger partial charge on any atom is -0.469 e. The highest BCUT2D eigenvalue weighted by Gasteiger charge is 2.25. The van der Waals surface area contributed by atoms with Crippen molar-refractivity contribution in [2.24, 2.45) is 0 Å². The number of ether oxygens (including phenoxy) is 1. The van der Waals surface area contributed by atoms with Gasteiger partial charge in [-0.15, -0.1) is 0 Å². The Kier molecular flexibility index (Phi) is 4.71. The van der Waals surface area contributed by atoms with Crippen molar-refractivity contribution in [3.63, 3.8) is 0 Å². The Labute approximate surface area is 140 Å². The van der Waals surface area contributed by atoms with E-state index in [2.05, 4.69) is 0 Å². The van der Waals surface area contributed by atoms with Crippen LogP contribution in [0.1, 0.15) is 28.3 Å². The van der Waals surface area contributed by atoms with E-state index in [1.54, 1.807) is 12.1 Å². The van der Waals surface area contributed by atoms with Gasteiger partial charge in [-0.3, -0.25) is 9.59 Å². The summed E-state index contributed by atoms with van der Waals surface area (Å²) in [5, 5.41) is 2.13. The molecule has 0 aliphatic rings. The van der Waals surface area contributed by atoms with Crippen LogP contribution < -0.4 is 0 Å². The summed E-state index contributed by atoms with van der Waals surface area (Å²) in [4.78, 5) is 24.7. The third-order valence-corrected chi connectivity index (χ3v) is 4.15. The zero-order valence-corrected chi connectivity index (χ0v) is 13.4. The minimum atomic E-state index is -0.604. The van der Waals surface area contributed by atoms with Crippen LogP contribution in [0.15, 0.2) is 72.8 Å². The highest BCUT2D eigenvalue weighted by atomic mass is 16.5. The van der Waals surface area contributed by atoms with Gasteiger partial charge in [-0.2, -0.15) is 0 Å². The molecule has 0 saturated heterocycles. The lowest BCUT2D eigenvalue weighted by Crippen LogP contribution is -2.18. The van der Waals surface area contributed by atoms with Crippen molar-refractivity contribution in [2.45, 2.75) is 12.3 Å². The van der Waals surface area contributed by atoms with Crippen molar-refractivity contribution in [1.82, 2.24) is 0 Å². The van der Waals surface area contributed by atoms with Gasteiger partial charge in [0, 0.05) is 12.0 Å². The van der Waals surface area contributed by atoms with E-state index >= 15 is 0 Å². The van der Waals surface area contributed by atoms with Gasteiger partial charge in [0.25, 0.3) is 0 Å². The van der Waals surface area contributed by atoms with Crippen molar-refractivity contribution < 1.29 is 14.3 Å². The number of esters is 1. The predicted molar refractivity (Wildman–Crippen MR) is 94.1 cm³/mol. The molecule has 0 radical (unpaired) electrons. The largest absolute Gasteiger partial charge is 0.469 e. The molecule has 0 fully saturated rings. The molecule has 1 atom stereocenters. The molecular weight excluding hydrogens is 300 g/mol. The summed E-state index contributed by atoms with van der Waals surface area (Å²) in [5.74, 6) is -1.07. The summed E-state index contributed by atoms with van der Waals surface area (Å²) in [6.45, 7) is 0.